The molecule has 2 aromatic rings. The van der Waals surface area contributed by atoms with Gasteiger partial charge in [-0.05, 0) is 44.1 Å². The van der Waals surface area contributed by atoms with E-state index in [0.29, 0.717) is 29.6 Å². The molecule has 164 valence electrons. The monoisotopic (exact) mass is 412 g/mol. The minimum absolute atomic E-state index is 0.473. The van der Waals surface area contributed by atoms with Crippen LogP contribution in [0.3, 0.4) is 0 Å². The Labute approximate surface area is 180 Å². The molecule has 3 unspecified atom stereocenters. The van der Waals surface area contributed by atoms with E-state index in [1.54, 1.807) is 12.5 Å². The molecule has 0 spiro atoms. The lowest BCUT2D eigenvalue weighted by molar-refractivity contribution is 0.112. The first-order chi connectivity index (χ1) is 14.4. The molecule has 0 amide bonds. The molecule has 0 N–H and O–H groups in total. The first-order valence-electron chi connectivity index (χ1n) is 11.3. The van der Waals surface area contributed by atoms with Crippen LogP contribution in [0.15, 0.2) is 28.6 Å². The Morgan fingerprint density at radius 1 is 1.13 bits per heavy atom. The molecule has 1 saturated heterocycles. The quantitative estimate of drug-likeness (QED) is 0.680. The van der Waals surface area contributed by atoms with E-state index in [0.717, 1.165) is 18.0 Å². The third kappa shape index (κ3) is 4.67. The van der Waals surface area contributed by atoms with Crippen molar-refractivity contribution < 1.29 is 4.42 Å². The number of likely N-dealkylation sites (N-methyl/N-ethyl adjacent to an activating group) is 1. The molecule has 0 aromatic carbocycles. The summed E-state index contributed by atoms with van der Waals surface area (Å²) in [5.41, 5.74) is 2.34. The van der Waals surface area contributed by atoms with Crippen LogP contribution in [0.4, 0.5) is 0 Å². The van der Waals surface area contributed by atoms with Crippen molar-refractivity contribution in [1.29, 1.82) is 0 Å². The molecule has 1 aliphatic carbocycles. The Morgan fingerprint density at radius 3 is 2.57 bits per heavy atom. The molecule has 1 aliphatic heterocycles. The standard InChI is InChI=1S/C23H36N6O/c1-16(2)20-11-18(12-22-25-26-23(30-22)21-13-24-15-28(21)5)17(3)10-19(20)14-29-8-6-27(4)7-9-29/h10,13,15-16,18-20H,6-9,11-12,14H2,1-5H3. The lowest BCUT2D eigenvalue weighted by atomic mass is 9.69. The van der Waals surface area contributed by atoms with Crippen LogP contribution in [-0.2, 0) is 13.5 Å². The van der Waals surface area contributed by atoms with E-state index in [1.165, 1.54) is 44.7 Å². The third-order valence-corrected chi connectivity index (χ3v) is 7.07. The van der Waals surface area contributed by atoms with Gasteiger partial charge in [0.1, 0.15) is 5.69 Å². The fraction of sp³-hybridized carbons (Fsp3) is 0.696. The van der Waals surface area contributed by atoms with Gasteiger partial charge in [-0.2, -0.15) is 0 Å². The van der Waals surface area contributed by atoms with Crippen molar-refractivity contribution in [2.45, 2.75) is 33.6 Å². The second-order valence-electron chi connectivity index (χ2n) is 9.61. The van der Waals surface area contributed by atoms with E-state index >= 15 is 0 Å². The van der Waals surface area contributed by atoms with Crippen LogP contribution in [-0.4, -0.2) is 69.3 Å². The van der Waals surface area contributed by atoms with Crippen LogP contribution in [0.25, 0.3) is 11.6 Å². The van der Waals surface area contributed by atoms with Gasteiger partial charge in [-0.3, -0.25) is 0 Å². The molecule has 3 atom stereocenters. The minimum atomic E-state index is 0.473. The average Bonchev–Trinajstić information content (AvgIpc) is 3.34. The first kappa shape index (κ1) is 21.2. The molecule has 2 aliphatic rings. The van der Waals surface area contributed by atoms with Crippen molar-refractivity contribution in [3.63, 3.8) is 0 Å². The molecule has 1 fully saturated rings. The summed E-state index contributed by atoms with van der Waals surface area (Å²) in [5, 5.41) is 8.59. The summed E-state index contributed by atoms with van der Waals surface area (Å²) >= 11 is 0. The van der Waals surface area contributed by atoms with Crippen molar-refractivity contribution in [2.75, 3.05) is 39.8 Å². The van der Waals surface area contributed by atoms with Crippen molar-refractivity contribution in [1.82, 2.24) is 29.5 Å². The maximum absolute atomic E-state index is 5.99. The molecule has 4 rings (SSSR count). The highest BCUT2D eigenvalue weighted by Gasteiger charge is 2.33. The van der Waals surface area contributed by atoms with Crippen LogP contribution in [0.5, 0.6) is 0 Å². The average molecular weight is 413 g/mol. The molecule has 0 radical (unpaired) electrons. The van der Waals surface area contributed by atoms with Gasteiger partial charge in [0.05, 0.1) is 12.5 Å². The van der Waals surface area contributed by atoms with Crippen LogP contribution < -0.4 is 0 Å². The topological polar surface area (TPSA) is 63.2 Å². The third-order valence-electron chi connectivity index (χ3n) is 7.07. The van der Waals surface area contributed by atoms with Gasteiger partial charge in [0.25, 0.3) is 5.89 Å². The fourth-order valence-electron chi connectivity index (χ4n) is 5.03. The summed E-state index contributed by atoms with van der Waals surface area (Å²) in [7, 11) is 4.16. The molecule has 2 aromatic heterocycles. The van der Waals surface area contributed by atoms with Gasteiger partial charge in [0, 0.05) is 46.2 Å². The van der Waals surface area contributed by atoms with Gasteiger partial charge in [-0.15, -0.1) is 10.2 Å². The van der Waals surface area contributed by atoms with Gasteiger partial charge < -0.3 is 18.8 Å². The summed E-state index contributed by atoms with van der Waals surface area (Å²) in [5.74, 6) is 3.75. The number of aryl methyl sites for hydroxylation is 1. The number of imidazole rings is 1. The van der Waals surface area contributed by atoms with Crippen LogP contribution in [0.1, 0.15) is 33.1 Å². The Bertz CT molecular complexity index is 861. The van der Waals surface area contributed by atoms with E-state index in [-0.39, 0.29) is 0 Å². The van der Waals surface area contributed by atoms with E-state index in [1.807, 2.05) is 11.6 Å². The zero-order valence-electron chi connectivity index (χ0n) is 19.1. The molecule has 30 heavy (non-hydrogen) atoms. The molecule has 0 bridgehead atoms. The minimum Gasteiger partial charge on any atom is -0.419 e. The van der Waals surface area contributed by atoms with E-state index < -0.39 is 0 Å². The molecule has 0 saturated carbocycles. The first-order valence-corrected chi connectivity index (χ1v) is 11.3. The number of allylic oxidation sites excluding steroid dienone is 1. The lowest BCUT2D eigenvalue weighted by Gasteiger charge is -2.41. The fourth-order valence-corrected chi connectivity index (χ4v) is 5.03. The predicted octanol–water partition coefficient (Wildman–Crippen LogP) is 3.11. The Kier molecular flexibility index (Phi) is 6.39. The second-order valence-corrected chi connectivity index (χ2v) is 9.61. The highest BCUT2D eigenvalue weighted by atomic mass is 16.4. The Hall–Kier alpha value is -1.99. The number of hydrogen-bond acceptors (Lipinski definition) is 6. The van der Waals surface area contributed by atoms with Crippen molar-refractivity contribution in [2.24, 2.45) is 30.7 Å². The second kappa shape index (κ2) is 9.02. The zero-order chi connectivity index (χ0) is 21.3. The van der Waals surface area contributed by atoms with E-state index in [4.69, 9.17) is 4.42 Å². The van der Waals surface area contributed by atoms with E-state index in [9.17, 15) is 0 Å². The SMILES string of the molecule is CC1=CC(CN2CCN(C)CC2)C(C(C)C)CC1Cc1nnc(-c2cncn2C)o1. The molecular weight excluding hydrogens is 376 g/mol. The summed E-state index contributed by atoms with van der Waals surface area (Å²) in [4.78, 5) is 9.23. The number of piperazine rings is 1. The predicted molar refractivity (Wildman–Crippen MR) is 118 cm³/mol. The van der Waals surface area contributed by atoms with Gasteiger partial charge >= 0.3 is 0 Å². The Balaban J connectivity index is 1.45. The smallest absolute Gasteiger partial charge is 0.265 e. The summed E-state index contributed by atoms with van der Waals surface area (Å²) in [6, 6.07) is 0. The summed E-state index contributed by atoms with van der Waals surface area (Å²) < 4.78 is 7.89. The van der Waals surface area contributed by atoms with Gasteiger partial charge in [0.2, 0.25) is 5.89 Å². The lowest BCUT2D eigenvalue weighted by Crippen LogP contribution is -2.47. The largest absolute Gasteiger partial charge is 0.419 e. The van der Waals surface area contributed by atoms with E-state index in [2.05, 4.69) is 58.9 Å². The number of aromatic nitrogens is 4. The zero-order valence-corrected chi connectivity index (χ0v) is 19.1. The molecule has 3 heterocycles. The van der Waals surface area contributed by atoms with Crippen molar-refractivity contribution >= 4 is 0 Å². The van der Waals surface area contributed by atoms with Gasteiger partial charge in [-0.1, -0.05) is 25.5 Å². The highest BCUT2D eigenvalue weighted by molar-refractivity contribution is 5.44. The van der Waals surface area contributed by atoms with Crippen molar-refractivity contribution in [3.8, 4) is 11.6 Å². The summed E-state index contributed by atoms with van der Waals surface area (Å²) in [6.45, 7) is 13.0. The normalized spacial score (nSPS) is 26.3. The van der Waals surface area contributed by atoms with Crippen molar-refractivity contribution in [3.05, 3.63) is 30.1 Å². The number of rotatable bonds is 6. The molecule has 7 heteroatoms. The maximum atomic E-state index is 5.99. The van der Waals surface area contributed by atoms with Gasteiger partial charge in [-0.25, -0.2) is 4.98 Å². The van der Waals surface area contributed by atoms with Crippen LogP contribution >= 0.6 is 0 Å². The van der Waals surface area contributed by atoms with Crippen LogP contribution in [0.2, 0.25) is 0 Å². The summed E-state index contributed by atoms with van der Waals surface area (Å²) in [6.07, 6.45) is 8.08. The Morgan fingerprint density at radius 2 is 1.90 bits per heavy atom. The molecular formula is C23H36N6O. The van der Waals surface area contributed by atoms with Gasteiger partial charge in [0.15, 0.2) is 0 Å². The highest BCUT2D eigenvalue weighted by Crippen LogP contribution is 2.39. The number of hydrogen-bond donors (Lipinski definition) is 0. The van der Waals surface area contributed by atoms with Crippen LogP contribution in [0, 0.1) is 23.7 Å². The maximum Gasteiger partial charge on any atom is 0.265 e. The number of nitrogens with zero attached hydrogens (tertiary/aromatic N) is 6. The molecule has 7 nitrogen and oxygen atoms in total.